The van der Waals surface area contributed by atoms with Crippen LogP contribution in [0.5, 0.6) is 11.5 Å². The molecule has 0 aliphatic rings. The Labute approximate surface area is 171 Å². The highest BCUT2D eigenvalue weighted by molar-refractivity contribution is 5.93. The van der Waals surface area contributed by atoms with E-state index in [-0.39, 0.29) is 12.2 Å². The first-order valence-electron chi connectivity index (χ1n) is 9.21. The molecule has 0 unspecified atom stereocenters. The highest BCUT2D eigenvalue weighted by atomic mass is 16.5. The van der Waals surface area contributed by atoms with Crippen LogP contribution in [0.25, 0.3) is 22.1 Å². The highest BCUT2D eigenvalue weighted by Gasteiger charge is 2.10. The molecule has 0 amide bonds. The maximum Gasteiger partial charge on any atom is 0.336 e. The lowest BCUT2D eigenvalue weighted by Gasteiger charge is -2.10. The van der Waals surface area contributed by atoms with Crippen molar-refractivity contribution in [1.29, 1.82) is 0 Å². The molecule has 0 radical (unpaired) electrons. The number of rotatable bonds is 6. The van der Waals surface area contributed by atoms with Crippen molar-refractivity contribution in [2.75, 3.05) is 7.11 Å². The molecule has 6 nitrogen and oxygen atoms in total. The van der Waals surface area contributed by atoms with E-state index in [1.54, 1.807) is 31.4 Å². The van der Waals surface area contributed by atoms with Gasteiger partial charge in [-0.15, -0.1) is 0 Å². The molecule has 0 aliphatic carbocycles. The number of carbonyl (C=O) groups is 1. The molecule has 1 aromatic heterocycles. The van der Waals surface area contributed by atoms with Gasteiger partial charge in [0.2, 0.25) is 0 Å². The fourth-order valence-electron chi connectivity index (χ4n) is 3.15. The molecule has 0 saturated carbocycles. The topological polar surface area (TPSA) is 86.0 Å². The van der Waals surface area contributed by atoms with E-state index >= 15 is 0 Å². The van der Waals surface area contributed by atoms with Crippen LogP contribution in [0.4, 0.5) is 0 Å². The van der Waals surface area contributed by atoms with Crippen molar-refractivity contribution in [1.82, 2.24) is 0 Å². The van der Waals surface area contributed by atoms with Gasteiger partial charge in [-0.2, -0.15) is 0 Å². The Balaban J connectivity index is 1.61. The summed E-state index contributed by atoms with van der Waals surface area (Å²) in [5.74, 6) is 0.303. The van der Waals surface area contributed by atoms with Crippen LogP contribution < -0.4 is 15.1 Å². The number of fused-ring (bicyclic) bond motifs is 1. The monoisotopic (exact) mass is 402 g/mol. The van der Waals surface area contributed by atoms with Crippen LogP contribution in [0.15, 0.2) is 82.0 Å². The lowest BCUT2D eigenvalue weighted by atomic mass is 10.0. The normalized spacial score (nSPS) is 10.7. The Bertz CT molecular complexity index is 1250. The number of carboxylic acid groups (broad SMARTS) is 1. The molecular formula is C24H18O6. The summed E-state index contributed by atoms with van der Waals surface area (Å²) < 4.78 is 16.4. The zero-order valence-electron chi connectivity index (χ0n) is 16.1. The van der Waals surface area contributed by atoms with Crippen LogP contribution in [-0.4, -0.2) is 18.2 Å². The quantitative estimate of drug-likeness (QED) is 0.469. The van der Waals surface area contributed by atoms with Crippen LogP contribution >= 0.6 is 0 Å². The number of benzene rings is 3. The summed E-state index contributed by atoms with van der Waals surface area (Å²) >= 11 is 0. The molecular weight excluding hydrogens is 384 g/mol. The van der Waals surface area contributed by atoms with Crippen LogP contribution in [0.2, 0.25) is 0 Å². The second-order valence-electron chi connectivity index (χ2n) is 6.66. The third-order valence-electron chi connectivity index (χ3n) is 4.72. The molecule has 1 heterocycles. The number of hydrogen-bond donors (Lipinski definition) is 1. The number of aromatic carboxylic acids is 1. The first kappa shape index (κ1) is 19.3. The van der Waals surface area contributed by atoms with Crippen molar-refractivity contribution >= 4 is 16.9 Å². The SMILES string of the molecule is COc1ccc(-c2cc(=O)oc3cc(OCc4ccc(C(=O)O)cc4)ccc23)cc1. The lowest BCUT2D eigenvalue weighted by Crippen LogP contribution is -2.00. The van der Waals surface area contributed by atoms with E-state index in [1.807, 2.05) is 30.3 Å². The Hall–Kier alpha value is -4.06. The minimum atomic E-state index is -0.973. The standard InChI is InChI=1S/C24H18O6/c1-28-18-8-6-16(7-9-18)21-13-23(25)30-22-12-19(10-11-20(21)22)29-14-15-2-4-17(5-3-15)24(26)27/h2-13H,14H2,1H3,(H,26,27). The van der Waals surface area contributed by atoms with Crippen molar-refractivity contribution in [3.63, 3.8) is 0 Å². The van der Waals surface area contributed by atoms with E-state index in [1.165, 1.54) is 18.2 Å². The molecule has 0 spiro atoms. The van der Waals surface area contributed by atoms with Crippen LogP contribution in [0.3, 0.4) is 0 Å². The molecule has 0 atom stereocenters. The minimum absolute atomic E-state index is 0.220. The van der Waals surface area contributed by atoms with Gasteiger partial charge in [-0.05, 0) is 53.1 Å². The third kappa shape index (κ3) is 4.03. The first-order valence-corrected chi connectivity index (χ1v) is 9.21. The van der Waals surface area contributed by atoms with E-state index in [9.17, 15) is 9.59 Å². The molecule has 150 valence electrons. The summed E-state index contributed by atoms with van der Waals surface area (Å²) in [6.45, 7) is 0.258. The molecule has 6 heteroatoms. The molecule has 30 heavy (non-hydrogen) atoms. The van der Waals surface area contributed by atoms with Gasteiger partial charge in [0.1, 0.15) is 23.7 Å². The molecule has 4 aromatic rings. The molecule has 0 aliphatic heterocycles. The van der Waals surface area contributed by atoms with Crippen LogP contribution in [-0.2, 0) is 6.61 Å². The maximum atomic E-state index is 12.1. The van der Waals surface area contributed by atoms with E-state index in [0.29, 0.717) is 11.3 Å². The van der Waals surface area contributed by atoms with E-state index in [2.05, 4.69) is 0 Å². The van der Waals surface area contributed by atoms with Crippen LogP contribution in [0.1, 0.15) is 15.9 Å². The van der Waals surface area contributed by atoms with Gasteiger partial charge in [0.15, 0.2) is 0 Å². The first-order chi connectivity index (χ1) is 14.5. The molecule has 4 rings (SSSR count). The lowest BCUT2D eigenvalue weighted by molar-refractivity contribution is 0.0697. The number of carboxylic acids is 1. The van der Waals surface area contributed by atoms with Crippen molar-refractivity contribution in [3.8, 4) is 22.6 Å². The summed E-state index contributed by atoms with van der Waals surface area (Å²) in [6, 6.07) is 20.7. The van der Waals surface area contributed by atoms with E-state index in [0.717, 1.165) is 27.8 Å². The summed E-state index contributed by atoms with van der Waals surface area (Å²) in [4.78, 5) is 23.0. The Morgan fingerprint density at radius 1 is 0.933 bits per heavy atom. The zero-order chi connectivity index (χ0) is 21.1. The van der Waals surface area contributed by atoms with Gasteiger partial charge in [0.05, 0.1) is 12.7 Å². The number of ether oxygens (including phenoxy) is 2. The second-order valence-corrected chi connectivity index (χ2v) is 6.66. The average Bonchev–Trinajstić information content (AvgIpc) is 2.77. The fourth-order valence-corrected chi connectivity index (χ4v) is 3.15. The predicted octanol–water partition coefficient (Wildman–Crippen LogP) is 4.75. The van der Waals surface area contributed by atoms with Crippen molar-refractivity contribution < 1.29 is 23.8 Å². The number of methoxy groups -OCH3 is 1. The van der Waals surface area contributed by atoms with Crippen molar-refractivity contribution in [2.45, 2.75) is 6.61 Å². The van der Waals surface area contributed by atoms with Gasteiger partial charge in [-0.1, -0.05) is 24.3 Å². The smallest absolute Gasteiger partial charge is 0.336 e. The molecule has 0 bridgehead atoms. The van der Waals surface area contributed by atoms with Gasteiger partial charge in [-0.25, -0.2) is 9.59 Å². The number of hydrogen-bond acceptors (Lipinski definition) is 5. The fraction of sp³-hybridized carbons (Fsp3) is 0.0833. The molecule has 0 saturated heterocycles. The van der Waals surface area contributed by atoms with Gasteiger partial charge in [-0.3, -0.25) is 0 Å². The highest BCUT2D eigenvalue weighted by Crippen LogP contribution is 2.31. The van der Waals surface area contributed by atoms with Crippen molar-refractivity contribution in [3.05, 3.63) is 94.3 Å². The molecule has 3 aromatic carbocycles. The Morgan fingerprint density at radius 3 is 2.30 bits per heavy atom. The van der Waals surface area contributed by atoms with Gasteiger partial charge < -0.3 is 19.0 Å². The molecule has 1 N–H and O–H groups in total. The molecule has 0 fully saturated rings. The summed E-state index contributed by atoms with van der Waals surface area (Å²) in [5.41, 5.74) is 2.66. The summed E-state index contributed by atoms with van der Waals surface area (Å²) in [7, 11) is 1.60. The van der Waals surface area contributed by atoms with E-state index < -0.39 is 11.6 Å². The van der Waals surface area contributed by atoms with Crippen LogP contribution in [0, 0.1) is 0 Å². The average molecular weight is 402 g/mol. The Kier molecular flexibility index (Phi) is 5.22. The van der Waals surface area contributed by atoms with Gasteiger partial charge in [0.25, 0.3) is 0 Å². The maximum absolute atomic E-state index is 12.1. The predicted molar refractivity (Wildman–Crippen MR) is 112 cm³/mol. The summed E-state index contributed by atoms with van der Waals surface area (Å²) in [6.07, 6.45) is 0. The second kappa shape index (κ2) is 8.13. The van der Waals surface area contributed by atoms with Gasteiger partial charge >= 0.3 is 11.6 Å². The Morgan fingerprint density at radius 2 is 1.63 bits per heavy atom. The third-order valence-corrected chi connectivity index (χ3v) is 4.72. The van der Waals surface area contributed by atoms with Gasteiger partial charge in [0, 0.05) is 17.5 Å². The van der Waals surface area contributed by atoms with E-state index in [4.69, 9.17) is 19.0 Å². The summed E-state index contributed by atoms with van der Waals surface area (Å²) in [5, 5.41) is 9.75. The zero-order valence-corrected chi connectivity index (χ0v) is 16.1. The minimum Gasteiger partial charge on any atom is -0.497 e. The van der Waals surface area contributed by atoms with Crippen molar-refractivity contribution in [2.24, 2.45) is 0 Å². The largest absolute Gasteiger partial charge is 0.497 e.